The van der Waals surface area contributed by atoms with Crippen LogP contribution in [0.4, 0.5) is 5.82 Å². The van der Waals surface area contributed by atoms with Crippen LogP contribution in [0.25, 0.3) is 0 Å². The maximum atomic E-state index is 11.1. The van der Waals surface area contributed by atoms with Gasteiger partial charge in [-0.05, 0) is 26.0 Å². The Morgan fingerprint density at radius 1 is 1.27 bits per heavy atom. The molecule has 2 rings (SSSR count). The number of anilines is 1. The molecule has 2 aromatic heterocycles. The predicted octanol–water partition coefficient (Wildman–Crippen LogP) is 1.74. The molecule has 0 aliphatic heterocycles. The summed E-state index contributed by atoms with van der Waals surface area (Å²) in [6.07, 6.45) is 4.30. The smallest absolute Gasteiger partial charge is 0.225 e. The number of aromatic nitrogens is 3. The minimum absolute atomic E-state index is 0.0616. The van der Waals surface area contributed by atoms with Crippen LogP contribution in [0.3, 0.4) is 0 Å². The van der Waals surface area contributed by atoms with E-state index in [9.17, 15) is 8.42 Å². The third-order valence-corrected chi connectivity index (χ3v) is 3.82. The first-order valence-electron chi connectivity index (χ1n) is 6.69. The summed E-state index contributed by atoms with van der Waals surface area (Å²) in [5, 5.41) is 2.97. The Balaban J connectivity index is 2.05. The van der Waals surface area contributed by atoms with E-state index in [1.54, 1.807) is 18.3 Å². The summed E-state index contributed by atoms with van der Waals surface area (Å²) in [5.41, 5.74) is 1.51. The number of nitrogens with one attached hydrogen (secondary N) is 1. The van der Waals surface area contributed by atoms with Crippen molar-refractivity contribution in [1.29, 1.82) is 0 Å². The van der Waals surface area contributed by atoms with Crippen molar-refractivity contribution in [3.63, 3.8) is 0 Å². The van der Waals surface area contributed by atoms with Gasteiger partial charge in [-0.3, -0.25) is 0 Å². The first-order chi connectivity index (χ1) is 10.3. The van der Waals surface area contributed by atoms with Crippen LogP contribution in [0, 0.1) is 13.8 Å². The maximum absolute atomic E-state index is 11.1. The summed E-state index contributed by atoms with van der Waals surface area (Å²) in [6, 6.07) is 3.51. The molecule has 0 aliphatic carbocycles. The highest BCUT2D eigenvalue weighted by Crippen LogP contribution is 2.25. The molecule has 0 aliphatic rings. The van der Waals surface area contributed by atoms with Crippen LogP contribution in [0.15, 0.2) is 24.7 Å². The lowest BCUT2D eigenvalue weighted by Gasteiger charge is -2.11. The number of ether oxygens (including phenoxy) is 1. The molecule has 0 spiro atoms. The number of hydrogen-bond acceptors (Lipinski definition) is 7. The topological polar surface area (TPSA) is 94.1 Å². The monoisotopic (exact) mass is 322 g/mol. The first-order valence-corrected chi connectivity index (χ1v) is 8.75. The highest BCUT2D eigenvalue weighted by molar-refractivity contribution is 7.90. The molecule has 22 heavy (non-hydrogen) atoms. The molecule has 0 radical (unpaired) electrons. The lowest BCUT2D eigenvalue weighted by Crippen LogP contribution is -2.14. The Hall–Kier alpha value is -2.22. The molecular formula is C14H18N4O3S. The quantitative estimate of drug-likeness (QED) is 0.865. The number of hydrogen-bond donors (Lipinski definition) is 1. The number of nitrogens with zero attached hydrogens (tertiary/aromatic N) is 3. The van der Waals surface area contributed by atoms with E-state index in [4.69, 9.17) is 4.74 Å². The zero-order valence-corrected chi connectivity index (χ0v) is 13.5. The first kappa shape index (κ1) is 16.2. The van der Waals surface area contributed by atoms with Gasteiger partial charge in [0.2, 0.25) is 5.88 Å². The molecule has 8 heteroatoms. The minimum atomic E-state index is -2.99. The van der Waals surface area contributed by atoms with Crippen LogP contribution in [-0.4, -0.2) is 41.9 Å². The van der Waals surface area contributed by atoms with E-state index in [0.717, 1.165) is 5.56 Å². The molecule has 0 aromatic carbocycles. The maximum Gasteiger partial charge on any atom is 0.225 e. The summed E-state index contributed by atoms with van der Waals surface area (Å²) in [7, 11) is -2.99. The average molecular weight is 322 g/mol. The molecule has 118 valence electrons. The van der Waals surface area contributed by atoms with E-state index >= 15 is 0 Å². The van der Waals surface area contributed by atoms with Gasteiger partial charge < -0.3 is 10.1 Å². The Morgan fingerprint density at radius 3 is 2.68 bits per heavy atom. The summed E-state index contributed by atoms with van der Waals surface area (Å²) in [5.74, 6) is 1.74. The summed E-state index contributed by atoms with van der Waals surface area (Å²) < 4.78 is 27.9. The van der Waals surface area contributed by atoms with E-state index in [1.165, 1.54) is 12.6 Å². The standard InChI is InChI=1S/C14H18N4O3S/c1-10-8-15-9-17-14(10)21-12-4-5-13(18-11(12)2)16-6-7-22(3,19)20/h4-5,8-9H,6-7H2,1-3H3,(H,16,18). The van der Waals surface area contributed by atoms with Crippen molar-refractivity contribution in [2.75, 3.05) is 23.9 Å². The van der Waals surface area contributed by atoms with E-state index in [1.807, 2.05) is 13.8 Å². The van der Waals surface area contributed by atoms with Crippen molar-refractivity contribution in [2.45, 2.75) is 13.8 Å². The van der Waals surface area contributed by atoms with E-state index in [2.05, 4.69) is 20.3 Å². The predicted molar refractivity (Wildman–Crippen MR) is 84.0 cm³/mol. The highest BCUT2D eigenvalue weighted by Gasteiger charge is 2.08. The second-order valence-electron chi connectivity index (χ2n) is 4.95. The van der Waals surface area contributed by atoms with E-state index in [-0.39, 0.29) is 5.75 Å². The van der Waals surface area contributed by atoms with Crippen LogP contribution in [0.2, 0.25) is 0 Å². The molecule has 7 nitrogen and oxygen atoms in total. The molecule has 0 atom stereocenters. The fourth-order valence-electron chi connectivity index (χ4n) is 1.72. The molecule has 0 fully saturated rings. The normalized spacial score (nSPS) is 11.2. The van der Waals surface area contributed by atoms with Crippen molar-refractivity contribution in [1.82, 2.24) is 15.0 Å². The van der Waals surface area contributed by atoms with Gasteiger partial charge in [0, 0.05) is 24.6 Å². The fraction of sp³-hybridized carbons (Fsp3) is 0.357. The van der Waals surface area contributed by atoms with Gasteiger partial charge >= 0.3 is 0 Å². The Kier molecular flexibility index (Phi) is 4.92. The Labute approximate surface area is 129 Å². The molecule has 0 saturated heterocycles. The zero-order valence-electron chi connectivity index (χ0n) is 12.7. The van der Waals surface area contributed by atoms with Crippen LogP contribution in [0.5, 0.6) is 11.6 Å². The average Bonchev–Trinajstić information content (AvgIpc) is 2.42. The van der Waals surface area contributed by atoms with Gasteiger partial charge in [-0.25, -0.2) is 23.4 Å². The van der Waals surface area contributed by atoms with Crippen LogP contribution >= 0.6 is 0 Å². The van der Waals surface area contributed by atoms with Gasteiger partial charge in [-0.2, -0.15) is 0 Å². The molecule has 1 N–H and O–H groups in total. The van der Waals surface area contributed by atoms with E-state index in [0.29, 0.717) is 29.7 Å². The van der Waals surface area contributed by atoms with Crippen LogP contribution < -0.4 is 10.1 Å². The molecule has 0 bridgehead atoms. The lowest BCUT2D eigenvalue weighted by molar-refractivity contribution is 0.451. The number of pyridine rings is 1. The minimum Gasteiger partial charge on any atom is -0.437 e. The summed E-state index contributed by atoms with van der Waals surface area (Å²) in [6.45, 7) is 3.99. The summed E-state index contributed by atoms with van der Waals surface area (Å²) in [4.78, 5) is 12.3. The van der Waals surface area contributed by atoms with Crippen molar-refractivity contribution >= 4 is 15.7 Å². The number of aryl methyl sites for hydroxylation is 2. The van der Waals surface area contributed by atoms with Gasteiger partial charge in [-0.15, -0.1) is 0 Å². The number of rotatable bonds is 6. The molecule has 0 amide bonds. The highest BCUT2D eigenvalue weighted by atomic mass is 32.2. The van der Waals surface area contributed by atoms with Gasteiger partial charge in [0.1, 0.15) is 22.0 Å². The van der Waals surface area contributed by atoms with Crippen molar-refractivity contribution in [3.8, 4) is 11.6 Å². The van der Waals surface area contributed by atoms with Gasteiger partial charge in [0.25, 0.3) is 0 Å². The van der Waals surface area contributed by atoms with Gasteiger partial charge in [-0.1, -0.05) is 0 Å². The Morgan fingerprint density at radius 2 is 2.05 bits per heavy atom. The second-order valence-corrected chi connectivity index (χ2v) is 7.21. The van der Waals surface area contributed by atoms with E-state index < -0.39 is 9.84 Å². The Bertz CT molecular complexity index is 762. The van der Waals surface area contributed by atoms with Crippen molar-refractivity contribution < 1.29 is 13.2 Å². The van der Waals surface area contributed by atoms with Crippen molar-refractivity contribution in [2.24, 2.45) is 0 Å². The van der Waals surface area contributed by atoms with Crippen LogP contribution in [0.1, 0.15) is 11.3 Å². The molecule has 2 heterocycles. The van der Waals surface area contributed by atoms with Crippen molar-refractivity contribution in [3.05, 3.63) is 35.9 Å². The summed E-state index contributed by atoms with van der Waals surface area (Å²) >= 11 is 0. The molecular weight excluding hydrogens is 304 g/mol. The van der Waals surface area contributed by atoms with Gasteiger partial charge in [0.15, 0.2) is 5.75 Å². The largest absolute Gasteiger partial charge is 0.437 e. The molecule has 0 unspecified atom stereocenters. The second kappa shape index (κ2) is 6.69. The van der Waals surface area contributed by atoms with Gasteiger partial charge in [0.05, 0.1) is 11.4 Å². The number of sulfone groups is 1. The third-order valence-electron chi connectivity index (χ3n) is 2.87. The molecule has 2 aromatic rings. The lowest BCUT2D eigenvalue weighted by atomic mass is 10.3. The zero-order chi connectivity index (χ0) is 16.2. The van der Waals surface area contributed by atoms with Crippen LogP contribution in [-0.2, 0) is 9.84 Å². The SMILES string of the molecule is Cc1cncnc1Oc1ccc(NCCS(C)(=O)=O)nc1C. The third kappa shape index (κ3) is 4.66. The molecule has 0 saturated carbocycles. The fourth-order valence-corrected chi connectivity index (χ4v) is 2.19.